The Hall–Kier alpha value is -1.97. The fraction of sp³-hybridized carbons (Fsp3) is 0.571. The molecular formula is C21H33NO3. The molecule has 0 saturated carbocycles. The highest BCUT2D eigenvalue weighted by Crippen LogP contribution is 2.33. The van der Waals surface area contributed by atoms with Crippen molar-refractivity contribution in [2.45, 2.75) is 53.5 Å². The molecule has 1 aromatic rings. The van der Waals surface area contributed by atoms with Crippen LogP contribution in [0.1, 0.15) is 47.5 Å². The Morgan fingerprint density at radius 1 is 1.28 bits per heavy atom. The second-order valence-corrected chi connectivity index (χ2v) is 7.31. The van der Waals surface area contributed by atoms with Crippen LogP contribution in [0.3, 0.4) is 0 Å². The Morgan fingerprint density at radius 2 is 1.88 bits per heavy atom. The zero-order valence-corrected chi connectivity index (χ0v) is 16.5. The summed E-state index contributed by atoms with van der Waals surface area (Å²) < 4.78 is 10.4. The van der Waals surface area contributed by atoms with Gasteiger partial charge >= 0.3 is 5.97 Å². The van der Waals surface area contributed by atoms with Gasteiger partial charge in [-0.25, -0.2) is 0 Å². The fourth-order valence-electron chi connectivity index (χ4n) is 2.78. The number of esters is 1. The maximum Gasteiger partial charge on any atom is 0.311 e. The predicted molar refractivity (Wildman–Crippen MR) is 104 cm³/mol. The van der Waals surface area contributed by atoms with E-state index in [0.717, 1.165) is 29.9 Å². The molecule has 0 aromatic heterocycles. The molecule has 0 fully saturated rings. The molecule has 0 radical (unpaired) electrons. The van der Waals surface area contributed by atoms with Crippen molar-refractivity contribution in [3.63, 3.8) is 0 Å². The van der Waals surface area contributed by atoms with E-state index in [4.69, 9.17) is 9.47 Å². The molecule has 2 atom stereocenters. The average Bonchev–Trinajstić information content (AvgIpc) is 2.55. The number of anilines is 1. The summed E-state index contributed by atoms with van der Waals surface area (Å²) in [5.74, 6) is 0.862. The molecule has 0 spiro atoms. The van der Waals surface area contributed by atoms with Gasteiger partial charge in [0.15, 0.2) is 0 Å². The standard InChI is InChI=1S/C21H33NO3/c1-8-25-20(23)21(5,6)16(4)14-18(13-15(2)3)22-17-9-11-19(24-7)12-10-17/h9-12,16,18,22H,2,8,13-14H2,1,3-7H3/t16-,18+/m1/s1. The first-order valence-corrected chi connectivity index (χ1v) is 8.92. The van der Waals surface area contributed by atoms with Gasteiger partial charge in [0.1, 0.15) is 5.75 Å². The molecular weight excluding hydrogens is 314 g/mol. The zero-order valence-electron chi connectivity index (χ0n) is 16.5. The van der Waals surface area contributed by atoms with Gasteiger partial charge in [0.2, 0.25) is 0 Å². The van der Waals surface area contributed by atoms with Gasteiger partial charge in [0, 0.05) is 11.7 Å². The van der Waals surface area contributed by atoms with E-state index < -0.39 is 5.41 Å². The molecule has 1 rings (SSSR count). The van der Waals surface area contributed by atoms with E-state index in [1.54, 1.807) is 7.11 Å². The molecule has 1 aromatic carbocycles. The average molecular weight is 347 g/mol. The smallest absolute Gasteiger partial charge is 0.311 e. The third-order valence-corrected chi connectivity index (χ3v) is 4.73. The van der Waals surface area contributed by atoms with Crippen LogP contribution >= 0.6 is 0 Å². The Bertz CT molecular complexity index is 563. The lowest BCUT2D eigenvalue weighted by Crippen LogP contribution is -2.36. The van der Waals surface area contributed by atoms with Crippen LogP contribution in [-0.4, -0.2) is 25.7 Å². The maximum absolute atomic E-state index is 12.3. The first-order chi connectivity index (χ1) is 11.7. The van der Waals surface area contributed by atoms with E-state index in [-0.39, 0.29) is 17.9 Å². The van der Waals surface area contributed by atoms with Gasteiger partial charge in [0.25, 0.3) is 0 Å². The Balaban J connectivity index is 2.83. The molecule has 0 bridgehead atoms. The number of benzene rings is 1. The Labute approximate surface area is 152 Å². The van der Waals surface area contributed by atoms with Gasteiger partial charge in [-0.2, -0.15) is 0 Å². The van der Waals surface area contributed by atoms with Gasteiger partial charge in [0.05, 0.1) is 19.1 Å². The van der Waals surface area contributed by atoms with Crippen LogP contribution in [0.25, 0.3) is 0 Å². The summed E-state index contributed by atoms with van der Waals surface area (Å²) in [6.07, 6.45) is 1.71. The van der Waals surface area contributed by atoms with Crippen LogP contribution in [0.2, 0.25) is 0 Å². The van der Waals surface area contributed by atoms with Gasteiger partial charge < -0.3 is 14.8 Å². The number of nitrogens with one attached hydrogen (secondary N) is 1. The zero-order chi connectivity index (χ0) is 19.0. The number of rotatable bonds is 10. The minimum atomic E-state index is -0.523. The summed E-state index contributed by atoms with van der Waals surface area (Å²) in [7, 11) is 1.66. The van der Waals surface area contributed by atoms with Gasteiger partial charge in [-0.15, -0.1) is 6.58 Å². The topological polar surface area (TPSA) is 47.6 Å². The van der Waals surface area contributed by atoms with Gasteiger partial charge in [-0.05, 0) is 70.7 Å². The third-order valence-electron chi connectivity index (χ3n) is 4.73. The van der Waals surface area contributed by atoms with Crippen molar-refractivity contribution in [1.29, 1.82) is 0 Å². The summed E-state index contributed by atoms with van der Waals surface area (Å²) in [6, 6.07) is 8.09. The van der Waals surface area contributed by atoms with Crippen molar-refractivity contribution in [2.24, 2.45) is 11.3 Å². The number of hydrogen-bond donors (Lipinski definition) is 1. The van der Waals surface area contributed by atoms with Crippen LogP contribution < -0.4 is 10.1 Å². The van der Waals surface area contributed by atoms with E-state index in [1.807, 2.05) is 52.0 Å². The van der Waals surface area contributed by atoms with Crippen LogP contribution in [0, 0.1) is 11.3 Å². The number of carbonyl (C=O) groups is 1. The van der Waals surface area contributed by atoms with E-state index >= 15 is 0 Å². The van der Waals surface area contributed by atoms with Gasteiger partial charge in [-0.1, -0.05) is 12.5 Å². The van der Waals surface area contributed by atoms with Crippen molar-refractivity contribution in [2.75, 3.05) is 19.0 Å². The second kappa shape index (κ2) is 9.50. The predicted octanol–water partition coefficient (Wildman–Crippen LogP) is 5.06. The van der Waals surface area contributed by atoms with Crippen LogP contribution in [0.4, 0.5) is 5.69 Å². The van der Waals surface area contributed by atoms with Crippen molar-refractivity contribution in [1.82, 2.24) is 0 Å². The Kier molecular flexibility index (Phi) is 8.01. The molecule has 25 heavy (non-hydrogen) atoms. The number of ether oxygens (including phenoxy) is 2. The molecule has 4 heteroatoms. The van der Waals surface area contributed by atoms with E-state index in [1.165, 1.54) is 0 Å². The first-order valence-electron chi connectivity index (χ1n) is 8.92. The van der Waals surface area contributed by atoms with E-state index in [0.29, 0.717) is 6.61 Å². The lowest BCUT2D eigenvalue weighted by molar-refractivity contribution is -0.156. The van der Waals surface area contributed by atoms with Crippen molar-refractivity contribution >= 4 is 11.7 Å². The highest BCUT2D eigenvalue weighted by molar-refractivity contribution is 5.76. The highest BCUT2D eigenvalue weighted by Gasteiger charge is 2.36. The monoisotopic (exact) mass is 347 g/mol. The summed E-state index contributed by atoms with van der Waals surface area (Å²) in [5, 5.41) is 3.57. The lowest BCUT2D eigenvalue weighted by atomic mass is 9.76. The molecule has 0 heterocycles. The molecule has 1 N–H and O–H groups in total. The maximum atomic E-state index is 12.3. The third kappa shape index (κ3) is 6.45. The number of methoxy groups -OCH3 is 1. The highest BCUT2D eigenvalue weighted by atomic mass is 16.5. The number of carbonyl (C=O) groups excluding carboxylic acids is 1. The van der Waals surface area contributed by atoms with Crippen LogP contribution in [0.5, 0.6) is 5.75 Å². The Morgan fingerprint density at radius 3 is 2.36 bits per heavy atom. The van der Waals surface area contributed by atoms with Crippen LogP contribution in [0.15, 0.2) is 36.4 Å². The van der Waals surface area contributed by atoms with E-state index in [9.17, 15) is 4.79 Å². The molecule has 0 unspecified atom stereocenters. The van der Waals surface area contributed by atoms with Crippen molar-refractivity contribution in [3.8, 4) is 5.75 Å². The van der Waals surface area contributed by atoms with Crippen molar-refractivity contribution < 1.29 is 14.3 Å². The molecule has 140 valence electrons. The molecule has 0 amide bonds. The van der Waals surface area contributed by atoms with Crippen LogP contribution in [-0.2, 0) is 9.53 Å². The quantitative estimate of drug-likeness (QED) is 0.475. The lowest BCUT2D eigenvalue weighted by Gasteiger charge is -2.33. The fourth-order valence-corrected chi connectivity index (χ4v) is 2.78. The molecule has 0 aliphatic heterocycles. The summed E-state index contributed by atoms with van der Waals surface area (Å²) in [6.45, 7) is 14.4. The van der Waals surface area contributed by atoms with Crippen molar-refractivity contribution in [3.05, 3.63) is 36.4 Å². The molecule has 0 saturated heterocycles. The number of hydrogen-bond acceptors (Lipinski definition) is 4. The first kappa shape index (κ1) is 21.1. The van der Waals surface area contributed by atoms with E-state index in [2.05, 4.69) is 18.8 Å². The largest absolute Gasteiger partial charge is 0.497 e. The van der Waals surface area contributed by atoms with Gasteiger partial charge in [-0.3, -0.25) is 4.79 Å². The SMILES string of the molecule is C=C(C)C[C@@H](C[C@@H](C)C(C)(C)C(=O)OCC)Nc1ccc(OC)cc1. The second-order valence-electron chi connectivity index (χ2n) is 7.31. The minimum Gasteiger partial charge on any atom is -0.497 e. The molecule has 0 aliphatic rings. The normalized spacial score (nSPS) is 13.7. The summed E-state index contributed by atoms with van der Waals surface area (Å²) >= 11 is 0. The molecule has 4 nitrogen and oxygen atoms in total. The summed E-state index contributed by atoms with van der Waals surface area (Å²) in [4.78, 5) is 12.3. The minimum absolute atomic E-state index is 0.138. The molecule has 0 aliphatic carbocycles. The summed E-state index contributed by atoms with van der Waals surface area (Å²) in [5.41, 5.74) is 1.63.